The molecule has 6 nitrogen and oxygen atoms in total. The summed E-state index contributed by atoms with van der Waals surface area (Å²) in [5, 5.41) is 20.4. The highest BCUT2D eigenvalue weighted by Gasteiger charge is 2.29. The zero-order valence-electron chi connectivity index (χ0n) is 18.1. The molecule has 0 bridgehead atoms. The Bertz CT molecular complexity index is 1480. The topological polar surface area (TPSA) is 88.8 Å². The minimum atomic E-state index is -1.01. The Morgan fingerprint density at radius 2 is 1.82 bits per heavy atom. The second kappa shape index (κ2) is 7.76. The second-order valence-corrected chi connectivity index (χ2v) is 8.00. The van der Waals surface area contributed by atoms with Crippen LogP contribution in [0.15, 0.2) is 60.7 Å². The summed E-state index contributed by atoms with van der Waals surface area (Å²) in [6, 6.07) is 16.1. The molecular weight excluding hydrogens is 418 g/mol. The third-order valence-electron chi connectivity index (χ3n) is 6.04. The first-order chi connectivity index (χ1) is 15.9. The van der Waals surface area contributed by atoms with Gasteiger partial charge in [-0.15, -0.1) is 0 Å². The van der Waals surface area contributed by atoms with Gasteiger partial charge in [-0.25, -0.2) is 4.79 Å². The third kappa shape index (κ3) is 3.15. The average molecular weight is 439 g/mol. The number of aromatic carboxylic acids is 1. The van der Waals surface area contributed by atoms with Crippen LogP contribution in [0.25, 0.3) is 33.9 Å². The van der Waals surface area contributed by atoms with Crippen molar-refractivity contribution in [1.82, 2.24) is 4.57 Å². The lowest BCUT2D eigenvalue weighted by molar-refractivity contribution is 0.0696. The van der Waals surface area contributed by atoms with Gasteiger partial charge in [0.25, 0.3) is 0 Å². The fourth-order valence-corrected chi connectivity index (χ4v) is 4.63. The number of aliphatic hydroxyl groups is 1. The largest absolute Gasteiger partial charge is 0.496 e. The summed E-state index contributed by atoms with van der Waals surface area (Å²) < 4.78 is 7.45. The number of nitrogens with zero attached hydrogens (tertiary/aromatic N) is 1. The highest BCUT2D eigenvalue weighted by molar-refractivity contribution is 6.24. The van der Waals surface area contributed by atoms with Crippen molar-refractivity contribution < 1.29 is 24.5 Å². The Hall–Kier alpha value is -4.16. The van der Waals surface area contributed by atoms with Gasteiger partial charge in [-0.1, -0.05) is 24.3 Å². The number of hydrogen-bond donors (Lipinski definition) is 2. The van der Waals surface area contributed by atoms with Crippen LogP contribution in [0.3, 0.4) is 0 Å². The van der Waals surface area contributed by atoms with Gasteiger partial charge in [-0.2, -0.15) is 0 Å². The number of ether oxygens (including phenoxy) is 1. The fraction of sp³-hybridized carbons (Fsp3) is 0.111. The number of carbonyl (C=O) groups excluding carboxylic acids is 1. The Kier molecular flexibility index (Phi) is 4.87. The van der Waals surface area contributed by atoms with Crippen molar-refractivity contribution in [2.45, 2.75) is 13.5 Å². The number of ketones is 1. The van der Waals surface area contributed by atoms with E-state index in [0.717, 1.165) is 22.0 Å². The molecule has 0 saturated carbocycles. The van der Waals surface area contributed by atoms with Crippen LogP contribution in [0.2, 0.25) is 0 Å². The highest BCUT2D eigenvalue weighted by Crippen LogP contribution is 2.43. The SMILES string of the molecule is COc1cccc(-c2c3c4c(cc(C)cc4n2-c2ccc(C(=O)O)cc2)C=CC3=O)c1CO. The number of methoxy groups -OCH3 is 1. The van der Waals surface area contributed by atoms with Crippen molar-refractivity contribution in [3.8, 4) is 22.7 Å². The molecule has 2 N–H and O–H groups in total. The van der Waals surface area contributed by atoms with Gasteiger partial charge in [0.15, 0.2) is 5.78 Å². The van der Waals surface area contributed by atoms with E-state index in [-0.39, 0.29) is 18.0 Å². The molecule has 5 rings (SSSR count). The van der Waals surface area contributed by atoms with Crippen molar-refractivity contribution >= 4 is 28.7 Å². The van der Waals surface area contributed by atoms with Gasteiger partial charge in [0, 0.05) is 22.2 Å². The summed E-state index contributed by atoms with van der Waals surface area (Å²) in [6.07, 6.45) is 3.39. The molecule has 0 radical (unpaired) electrons. The van der Waals surface area contributed by atoms with Crippen LogP contribution in [-0.2, 0) is 6.61 Å². The zero-order valence-corrected chi connectivity index (χ0v) is 18.1. The summed E-state index contributed by atoms with van der Waals surface area (Å²) in [5.74, 6) is -0.611. The Labute approximate surface area is 190 Å². The number of benzene rings is 3. The van der Waals surface area contributed by atoms with Crippen LogP contribution in [0.5, 0.6) is 5.75 Å². The fourth-order valence-electron chi connectivity index (χ4n) is 4.63. The van der Waals surface area contributed by atoms with Gasteiger partial charge in [-0.3, -0.25) is 4.79 Å². The van der Waals surface area contributed by atoms with Gasteiger partial charge in [0.1, 0.15) is 5.75 Å². The first kappa shape index (κ1) is 20.7. The van der Waals surface area contributed by atoms with E-state index in [0.29, 0.717) is 33.8 Å². The number of aliphatic hydroxyl groups excluding tert-OH is 1. The Morgan fingerprint density at radius 1 is 1.06 bits per heavy atom. The van der Waals surface area contributed by atoms with Crippen molar-refractivity contribution in [2.75, 3.05) is 7.11 Å². The van der Waals surface area contributed by atoms with E-state index in [1.807, 2.05) is 41.8 Å². The quantitative estimate of drug-likeness (QED) is 0.456. The van der Waals surface area contributed by atoms with E-state index < -0.39 is 5.97 Å². The molecule has 33 heavy (non-hydrogen) atoms. The number of hydrogen-bond acceptors (Lipinski definition) is 4. The predicted octanol–water partition coefficient (Wildman–Crippen LogP) is 5.01. The molecule has 4 aromatic rings. The number of allylic oxidation sites excluding steroid dienone is 1. The van der Waals surface area contributed by atoms with Crippen molar-refractivity contribution in [1.29, 1.82) is 0 Å². The average Bonchev–Trinajstić information content (AvgIpc) is 3.16. The summed E-state index contributed by atoms with van der Waals surface area (Å²) in [5.41, 5.74) is 6.13. The number of rotatable bonds is 5. The molecule has 0 amide bonds. The predicted molar refractivity (Wildman–Crippen MR) is 126 cm³/mol. The first-order valence-corrected chi connectivity index (χ1v) is 10.5. The van der Waals surface area contributed by atoms with Crippen LogP contribution >= 0.6 is 0 Å². The van der Waals surface area contributed by atoms with Gasteiger partial charge in [-0.05, 0) is 60.5 Å². The van der Waals surface area contributed by atoms with Crippen LogP contribution < -0.4 is 4.74 Å². The van der Waals surface area contributed by atoms with E-state index in [4.69, 9.17) is 4.74 Å². The molecule has 6 heteroatoms. The lowest BCUT2D eigenvalue weighted by atomic mass is 9.92. The molecule has 0 atom stereocenters. The molecule has 1 aliphatic rings. The summed E-state index contributed by atoms with van der Waals surface area (Å²) in [4.78, 5) is 24.6. The Balaban J connectivity index is 1.95. The zero-order chi connectivity index (χ0) is 23.3. The number of carboxylic acids is 1. The van der Waals surface area contributed by atoms with Crippen LogP contribution in [0, 0.1) is 6.92 Å². The van der Waals surface area contributed by atoms with E-state index in [2.05, 4.69) is 0 Å². The van der Waals surface area contributed by atoms with Gasteiger partial charge >= 0.3 is 5.97 Å². The molecule has 0 saturated heterocycles. The van der Waals surface area contributed by atoms with Crippen LogP contribution in [0.1, 0.15) is 37.4 Å². The molecule has 1 aromatic heterocycles. The maximum absolute atomic E-state index is 13.2. The Morgan fingerprint density at radius 3 is 2.48 bits per heavy atom. The highest BCUT2D eigenvalue weighted by atomic mass is 16.5. The van der Waals surface area contributed by atoms with Crippen LogP contribution in [-0.4, -0.2) is 33.6 Å². The van der Waals surface area contributed by atoms with Gasteiger partial charge in [0.2, 0.25) is 0 Å². The lowest BCUT2D eigenvalue weighted by Crippen LogP contribution is -2.06. The summed E-state index contributed by atoms with van der Waals surface area (Å²) >= 11 is 0. The van der Waals surface area contributed by atoms with Gasteiger partial charge in [0.05, 0.1) is 36.1 Å². The van der Waals surface area contributed by atoms with E-state index in [1.165, 1.54) is 7.11 Å². The standard InChI is InChI=1S/C27H21NO5/c1-15-12-17-8-11-22(30)25-24(17)21(13-15)28(18-9-6-16(7-10-18)27(31)32)26(25)19-4-3-5-23(33-2)20(19)14-29/h3-13,29H,14H2,1-2H3,(H,31,32). The van der Waals surface area contributed by atoms with Crippen molar-refractivity contribution in [3.05, 3.63) is 88.5 Å². The third-order valence-corrected chi connectivity index (χ3v) is 6.04. The maximum Gasteiger partial charge on any atom is 0.335 e. The van der Waals surface area contributed by atoms with E-state index in [9.17, 15) is 19.8 Å². The smallest absolute Gasteiger partial charge is 0.335 e. The molecule has 1 aliphatic carbocycles. The number of aromatic nitrogens is 1. The minimum Gasteiger partial charge on any atom is -0.496 e. The monoisotopic (exact) mass is 439 g/mol. The minimum absolute atomic E-state index is 0.126. The number of carbonyl (C=O) groups is 2. The first-order valence-electron chi connectivity index (χ1n) is 10.5. The molecular formula is C27H21NO5. The molecule has 3 aromatic carbocycles. The molecule has 1 heterocycles. The molecule has 164 valence electrons. The van der Waals surface area contributed by atoms with E-state index >= 15 is 0 Å². The van der Waals surface area contributed by atoms with Gasteiger partial charge < -0.3 is 19.5 Å². The molecule has 0 aliphatic heterocycles. The number of aryl methyl sites for hydroxylation is 1. The molecule has 0 spiro atoms. The van der Waals surface area contributed by atoms with Crippen LogP contribution in [0.4, 0.5) is 0 Å². The molecule has 0 fully saturated rings. The maximum atomic E-state index is 13.2. The number of carboxylic acid groups (broad SMARTS) is 1. The normalized spacial score (nSPS) is 12.4. The summed E-state index contributed by atoms with van der Waals surface area (Å²) in [6.45, 7) is 1.73. The van der Waals surface area contributed by atoms with Crippen molar-refractivity contribution in [2.24, 2.45) is 0 Å². The lowest BCUT2D eigenvalue weighted by Gasteiger charge is -2.17. The molecule has 0 unspecified atom stereocenters. The summed E-state index contributed by atoms with van der Waals surface area (Å²) in [7, 11) is 1.54. The van der Waals surface area contributed by atoms with Crippen molar-refractivity contribution in [3.63, 3.8) is 0 Å². The second-order valence-electron chi connectivity index (χ2n) is 8.00. The van der Waals surface area contributed by atoms with E-state index in [1.54, 1.807) is 36.4 Å².